The number of aromatic nitrogens is 4. The molecule has 1 atom stereocenters. The van der Waals surface area contributed by atoms with Gasteiger partial charge in [-0.3, -0.25) is 14.2 Å². The molecule has 1 unspecified atom stereocenters. The van der Waals surface area contributed by atoms with Crippen LogP contribution in [0.4, 0.5) is 10.2 Å². The highest BCUT2D eigenvalue weighted by Crippen LogP contribution is 2.25. The summed E-state index contributed by atoms with van der Waals surface area (Å²) in [6.45, 7) is 5.86. The molecule has 3 rings (SSSR count). The molecule has 0 aliphatic carbocycles. The van der Waals surface area contributed by atoms with Crippen molar-refractivity contribution >= 4 is 46.5 Å². The second-order valence-electron chi connectivity index (χ2n) is 6.78. The number of rotatable bonds is 6. The smallest absolute Gasteiger partial charge is 0.230 e. The van der Waals surface area contributed by atoms with Gasteiger partial charge in [0.2, 0.25) is 5.91 Å². The third kappa shape index (κ3) is 4.74. The Kier molecular flexibility index (Phi) is 6.51. The van der Waals surface area contributed by atoms with Gasteiger partial charge < -0.3 is 5.32 Å². The fourth-order valence-electron chi connectivity index (χ4n) is 2.84. The molecule has 0 saturated heterocycles. The molecule has 2 aromatic heterocycles. The molecule has 0 aliphatic rings. The van der Waals surface area contributed by atoms with Crippen molar-refractivity contribution in [3.8, 4) is 0 Å². The van der Waals surface area contributed by atoms with Crippen LogP contribution in [-0.2, 0) is 17.9 Å². The summed E-state index contributed by atoms with van der Waals surface area (Å²) in [7, 11) is 0. The van der Waals surface area contributed by atoms with Gasteiger partial charge in [0.25, 0.3) is 0 Å². The summed E-state index contributed by atoms with van der Waals surface area (Å²) < 4.78 is 17.1. The van der Waals surface area contributed by atoms with Crippen molar-refractivity contribution in [2.45, 2.75) is 33.9 Å². The lowest BCUT2D eigenvalue weighted by molar-refractivity contribution is -0.119. The van der Waals surface area contributed by atoms with E-state index in [2.05, 4.69) is 15.5 Å². The fraction of sp³-hybridized carbons (Fsp3) is 0.316. The first kappa shape index (κ1) is 21.6. The molecule has 154 valence electrons. The largest absolute Gasteiger partial charge is 0.308 e. The molecular formula is C19H19Cl3FN5O. The molecule has 1 aromatic carbocycles. The highest BCUT2D eigenvalue weighted by Gasteiger charge is 2.20. The Morgan fingerprint density at radius 3 is 2.55 bits per heavy atom. The maximum Gasteiger partial charge on any atom is 0.230 e. The van der Waals surface area contributed by atoms with Crippen LogP contribution in [0.2, 0.25) is 15.1 Å². The molecule has 1 N–H and O–H groups in total. The van der Waals surface area contributed by atoms with Gasteiger partial charge in [-0.2, -0.15) is 10.2 Å². The Balaban J connectivity index is 1.70. The van der Waals surface area contributed by atoms with Crippen LogP contribution in [0.15, 0.2) is 24.4 Å². The van der Waals surface area contributed by atoms with E-state index in [1.807, 2.05) is 13.8 Å². The average Bonchev–Trinajstić information content (AvgIpc) is 3.12. The van der Waals surface area contributed by atoms with E-state index < -0.39 is 11.7 Å². The van der Waals surface area contributed by atoms with Crippen LogP contribution in [0, 0.1) is 25.6 Å². The van der Waals surface area contributed by atoms with Gasteiger partial charge in [0.05, 0.1) is 35.4 Å². The molecule has 0 saturated carbocycles. The summed E-state index contributed by atoms with van der Waals surface area (Å²) >= 11 is 18.4. The minimum atomic E-state index is -0.438. The van der Waals surface area contributed by atoms with Gasteiger partial charge in [0.1, 0.15) is 10.8 Å². The Hall–Kier alpha value is -2.09. The zero-order valence-electron chi connectivity index (χ0n) is 16.0. The van der Waals surface area contributed by atoms with Crippen molar-refractivity contribution < 1.29 is 9.18 Å². The standard InChI is InChI=1S/C19H19Cl3FN5O/c1-10(7-28-12(3)17(22)11(2)25-28)19(29)24-18-15(21)9-27(26-18)8-13-14(20)5-4-6-16(13)23/h4-6,9-10H,7-8H2,1-3H3,(H,24,26,29). The maximum absolute atomic E-state index is 14.0. The third-order valence-corrected chi connectivity index (χ3v) is 5.71. The quantitative estimate of drug-likeness (QED) is 0.558. The van der Waals surface area contributed by atoms with Crippen LogP contribution in [0.1, 0.15) is 23.9 Å². The lowest BCUT2D eigenvalue weighted by atomic mass is 10.1. The van der Waals surface area contributed by atoms with Crippen LogP contribution in [0.25, 0.3) is 0 Å². The summed E-state index contributed by atoms with van der Waals surface area (Å²) in [6, 6.07) is 4.45. The van der Waals surface area contributed by atoms with Crippen LogP contribution < -0.4 is 5.32 Å². The second kappa shape index (κ2) is 8.73. The Bertz CT molecular complexity index is 1040. The van der Waals surface area contributed by atoms with E-state index in [0.29, 0.717) is 27.8 Å². The van der Waals surface area contributed by atoms with Gasteiger partial charge in [0.15, 0.2) is 5.82 Å². The van der Waals surface area contributed by atoms with E-state index in [-0.39, 0.29) is 23.3 Å². The number of nitrogens with one attached hydrogen (secondary N) is 1. The van der Waals surface area contributed by atoms with Gasteiger partial charge in [-0.1, -0.05) is 47.8 Å². The first-order valence-electron chi connectivity index (χ1n) is 8.83. The van der Waals surface area contributed by atoms with Gasteiger partial charge >= 0.3 is 0 Å². The zero-order chi connectivity index (χ0) is 21.3. The average molecular weight is 459 g/mol. The van der Waals surface area contributed by atoms with Crippen molar-refractivity contribution in [2.24, 2.45) is 5.92 Å². The molecule has 2 heterocycles. The highest BCUT2D eigenvalue weighted by molar-refractivity contribution is 6.33. The molecule has 3 aromatic rings. The van der Waals surface area contributed by atoms with E-state index in [4.69, 9.17) is 34.8 Å². The molecule has 10 heteroatoms. The molecule has 0 spiro atoms. The number of carbonyl (C=O) groups excluding carboxylic acids is 1. The topological polar surface area (TPSA) is 64.7 Å². The number of aryl methyl sites for hydroxylation is 1. The predicted octanol–water partition coefficient (Wildman–Crippen LogP) is 5.12. The van der Waals surface area contributed by atoms with Gasteiger partial charge in [-0.15, -0.1) is 0 Å². The van der Waals surface area contributed by atoms with Crippen LogP contribution in [0.5, 0.6) is 0 Å². The van der Waals surface area contributed by atoms with Crippen LogP contribution >= 0.6 is 34.8 Å². The fourth-order valence-corrected chi connectivity index (χ4v) is 3.40. The third-order valence-electron chi connectivity index (χ3n) is 4.53. The minimum Gasteiger partial charge on any atom is -0.308 e. The van der Waals surface area contributed by atoms with E-state index in [0.717, 1.165) is 5.69 Å². The number of nitrogens with zero attached hydrogens (tertiary/aromatic N) is 4. The number of hydrogen-bond acceptors (Lipinski definition) is 3. The maximum atomic E-state index is 14.0. The first-order valence-corrected chi connectivity index (χ1v) is 9.97. The molecule has 0 fully saturated rings. The Labute approximate surface area is 182 Å². The van der Waals surface area contributed by atoms with Gasteiger partial charge in [0, 0.05) is 16.8 Å². The Morgan fingerprint density at radius 1 is 1.21 bits per heavy atom. The van der Waals surface area contributed by atoms with Crippen LogP contribution in [0.3, 0.4) is 0 Å². The monoisotopic (exact) mass is 457 g/mol. The zero-order valence-corrected chi connectivity index (χ0v) is 18.3. The van der Waals surface area contributed by atoms with Crippen molar-refractivity contribution in [3.63, 3.8) is 0 Å². The number of carbonyl (C=O) groups is 1. The summed E-state index contributed by atoms with van der Waals surface area (Å²) in [6.07, 6.45) is 1.51. The van der Waals surface area contributed by atoms with Crippen LogP contribution in [-0.4, -0.2) is 25.5 Å². The van der Waals surface area contributed by atoms with Crippen molar-refractivity contribution in [2.75, 3.05) is 5.32 Å². The minimum absolute atomic E-state index is 0.0842. The van der Waals surface area contributed by atoms with Crippen molar-refractivity contribution in [3.05, 3.63) is 62.2 Å². The van der Waals surface area contributed by atoms with Gasteiger partial charge in [-0.05, 0) is 26.0 Å². The summed E-state index contributed by atoms with van der Waals surface area (Å²) in [5.41, 5.74) is 1.80. The summed E-state index contributed by atoms with van der Waals surface area (Å²) in [4.78, 5) is 12.6. The number of benzene rings is 1. The number of hydrogen-bond donors (Lipinski definition) is 1. The van der Waals surface area contributed by atoms with E-state index in [1.54, 1.807) is 17.7 Å². The number of halogens is 4. The molecule has 29 heavy (non-hydrogen) atoms. The molecular weight excluding hydrogens is 440 g/mol. The lowest BCUT2D eigenvalue weighted by Gasteiger charge is -2.12. The first-order chi connectivity index (χ1) is 13.7. The SMILES string of the molecule is Cc1nn(CC(C)C(=O)Nc2nn(Cc3c(F)cccc3Cl)cc2Cl)c(C)c1Cl. The van der Waals surface area contributed by atoms with E-state index >= 15 is 0 Å². The molecule has 1 amide bonds. The lowest BCUT2D eigenvalue weighted by Crippen LogP contribution is -2.25. The van der Waals surface area contributed by atoms with Gasteiger partial charge in [-0.25, -0.2) is 4.39 Å². The number of anilines is 1. The van der Waals surface area contributed by atoms with Crippen molar-refractivity contribution in [1.29, 1.82) is 0 Å². The van der Waals surface area contributed by atoms with Crippen molar-refractivity contribution in [1.82, 2.24) is 19.6 Å². The highest BCUT2D eigenvalue weighted by atomic mass is 35.5. The normalized spacial score (nSPS) is 12.2. The number of amides is 1. The summed E-state index contributed by atoms with van der Waals surface area (Å²) in [5, 5.41) is 12.4. The summed E-state index contributed by atoms with van der Waals surface area (Å²) in [5.74, 6) is -0.926. The molecule has 6 nitrogen and oxygen atoms in total. The Morgan fingerprint density at radius 2 is 1.93 bits per heavy atom. The molecule has 0 bridgehead atoms. The predicted molar refractivity (Wildman–Crippen MR) is 112 cm³/mol. The second-order valence-corrected chi connectivity index (χ2v) is 7.97. The van der Waals surface area contributed by atoms with E-state index in [1.165, 1.54) is 23.0 Å². The molecule has 0 aliphatic heterocycles. The van der Waals surface area contributed by atoms with E-state index in [9.17, 15) is 9.18 Å². The molecule has 0 radical (unpaired) electrons.